The zero-order chi connectivity index (χ0) is 12.4. The van der Waals surface area contributed by atoms with Gasteiger partial charge in [0.05, 0.1) is 11.6 Å². The first-order valence-electron chi connectivity index (χ1n) is 6.27. The Hall–Kier alpha value is -0.340. The third kappa shape index (κ3) is 3.08. The van der Waals surface area contributed by atoms with Gasteiger partial charge in [0, 0.05) is 7.11 Å². The summed E-state index contributed by atoms with van der Waals surface area (Å²) in [5.74, 6) is 0. The largest absolute Gasteiger partial charge is 0.376 e. The number of methoxy groups -OCH3 is 1. The minimum Gasteiger partial charge on any atom is -0.376 e. The Morgan fingerprint density at radius 3 is 2.06 bits per heavy atom. The minimum absolute atomic E-state index is 0.0265. The second-order valence-corrected chi connectivity index (χ2v) is 6.20. The molecule has 0 heterocycles. The number of rotatable bonds is 3. The molecule has 16 heavy (non-hydrogen) atoms. The van der Waals surface area contributed by atoms with Crippen LogP contribution >= 0.6 is 0 Å². The van der Waals surface area contributed by atoms with E-state index in [2.05, 4.69) is 33.8 Å². The van der Waals surface area contributed by atoms with E-state index in [1.807, 2.05) is 0 Å². The number of nitrogens with two attached hydrogens (primary N) is 1. The smallest absolute Gasteiger partial charge is 0.0865 e. The van der Waals surface area contributed by atoms with E-state index < -0.39 is 0 Å². The molecule has 0 saturated heterocycles. The van der Waals surface area contributed by atoms with Gasteiger partial charge in [-0.1, -0.05) is 25.5 Å². The van der Waals surface area contributed by atoms with Gasteiger partial charge in [0.15, 0.2) is 0 Å². The fourth-order valence-corrected chi connectivity index (χ4v) is 2.53. The first kappa shape index (κ1) is 13.7. The molecular formula is C14H27NO. The maximum absolute atomic E-state index is 6.28. The highest BCUT2D eigenvalue weighted by Gasteiger charge is 2.41. The summed E-state index contributed by atoms with van der Waals surface area (Å²) in [5, 5.41) is 0. The maximum Gasteiger partial charge on any atom is 0.0865 e. The zero-order valence-corrected chi connectivity index (χ0v) is 11.5. The predicted molar refractivity (Wildman–Crippen MR) is 69.4 cm³/mol. The summed E-state index contributed by atoms with van der Waals surface area (Å²) in [7, 11) is 1.80. The summed E-state index contributed by atoms with van der Waals surface area (Å²) in [4.78, 5) is 0. The minimum atomic E-state index is -0.132. The SMILES string of the molecule is COC1(C(N)C=C(C)C)CCC(C)(C)CC1. The van der Waals surface area contributed by atoms with Gasteiger partial charge in [-0.2, -0.15) is 0 Å². The molecule has 94 valence electrons. The molecule has 1 unspecified atom stereocenters. The normalized spacial score (nSPS) is 24.9. The Morgan fingerprint density at radius 2 is 1.69 bits per heavy atom. The Labute approximate surface area is 100 Å². The maximum atomic E-state index is 6.28. The molecule has 0 aromatic rings. The second kappa shape index (κ2) is 4.89. The molecule has 1 saturated carbocycles. The lowest BCUT2D eigenvalue weighted by Gasteiger charge is -2.45. The van der Waals surface area contributed by atoms with Gasteiger partial charge in [-0.15, -0.1) is 0 Å². The highest BCUT2D eigenvalue weighted by atomic mass is 16.5. The average Bonchev–Trinajstić information content (AvgIpc) is 2.17. The van der Waals surface area contributed by atoms with Gasteiger partial charge in [-0.05, 0) is 44.9 Å². The van der Waals surface area contributed by atoms with Crippen molar-refractivity contribution in [3.05, 3.63) is 11.6 Å². The van der Waals surface area contributed by atoms with Crippen LogP contribution in [0.4, 0.5) is 0 Å². The third-order valence-corrected chi connectivity index (χ3v) is 3.98. The van der Waals surface area contributed by atoms with Gasteiger partial charge < -0.3 is 10.5 Å². The van der Waals surface area contributed by atoms with Gasteiger partial charge >= 0.3 is 0 Å². The molecule has 0 aromatic heterocycles. The van der Waals surface area contributed by atoms with Crippen LogP contribution in [0.3, 0.4) is 0 Å². The molecule has 1 atom stereocenters. The van der Waals surface area contributed by atoms with Crippen molar-refractivity contribution in [2.24, 2.45) is 11.1 Å². The molecular weight excluding hydrogens is 198 g/mol. The van der Waals surface area contributed by atoms with Crippen molar-refractivity contribution in [3.63, 3.8) is 0 Å². The first-order chi connectivity index (χ1) is 7.31. The summed E-state index contributed by atoms with van der Waals surface area (Å²) in [6.45, 7) is 8.85. The van der Waals surface area contributed by atoms with Crippen molar-refractivity contribution in [2.45, 2.75) is 65.0 Å². The van der Waals surface area contributed by atoms with Crippen LogP contribution in [0.1, 0.15) is 53.4 Å². The van der Waals surface area contributed by atoms with Gasteiger partial charge in [-0.25, -0.2) is 0 Å². The van der Waals surface area contributed by atoms with Crippen LogP contribution in [0.2, 0.25) is 0 Å². The Morgan fingerprint density at radius 1 is 1.19 bits per heavy atom. The summed E-state index contributed by atoms with van der Waals surface area (Å²) in [6, 6.07) is 0.0265. The molecule has 1 fully saturated rings. The zero-order valence-electron chi connectivity index (χ0n) is 11.5. The first-order valence-corrected chi connectivity index (χ1v) is 6.27. The topological polar surface area (TPSA) is 35.2 Å². The lowest BCUT2D eigenvalue weighted by Crippen LogP contribution is -2.51. The highest BCUT2D eigenvalue weighted by Crippen LogP contribution is 2.43. The number of allylic oxidation sites excluding steroid dienone is 1. The van der Waals surface area contributed by atoms with E-state index in [0.29, 0.717) is 5.41 Å². The van der Waals surface area contributed by atoms with E-state index in [-0.39, 0.29) is 11.6 Å². The molecule has 2 N–H and O–H groups in total. The summed E-state index contributed by atoms with van der Waals surface area (Å²) >= 11 is 0. The van der Waals surface area contributed by atoms with Crippen LogP contribution < -0.4 is 5.73 Å². The van der Waals surface area contributed by atoms with E-state index >= 15 is 0 Å². The van der Waals surface area contributed by atoms with Crippen LogP contribution in [0.5, 0.6) is 0 Å². The lowest BCUT2D eigenvalue weighted by atomic mass is 9.68. The quantitative estimate of drug-likeness (QED) is 0.748. The molecule has 1 aliphatic rings. The molecule has 0 aromatic carbocycles. The van der Waals surface area contributed by atoms with Crippen molar-refractivity contribution in [3.8, 4) is 0 Å². The molecule has 0 bridgehead atoms. The molecule has 1 aliphatic carbocycles. The van der Waals surface area contributed by atoms with E-state index in [4.69, 9.17) is 10.5 Å². The van der Waals surface area contributed by atoms with Gasteiger partial charge in [0.1, 0.15) is 0 Å². The van der Waals surface area contributed by atoms with Crippen LogP contribution in [0, 0.1) is 5.41 Å². The monoisotopic (exact) mass is 225 g/mol. The molecule has 2 nitrogen and oxygen atoms in total. The molecule has 0 amide bonds. The van der Waals surface area contributed by atoms with Crippen molar-refractivity contribution in [2.75, 3.05) is 7.11 Å². The Kier molecular flexibility index (Phi) is 4.19. The van der Waals surface area contributed by atoms with Gasteiger partial charge in [0.25, 0.3) is 0 Å². The van der Waals surface area contributed by atoms with Crippen molar-refractivity contribution < 1.29 is 4.74 Å². The predicted octanol–water partition coefficient (Wildman–Crippen LogP) is 3.27. The van der Waals surface area contributed by atoms with E-state index in [0.717, 1.165) is 12.8 Å². The third-order valence-electron chi connectivity index (χ3n) is 3.98. The Balaban J connectivity index is 2.77. The van der Waals surface area contributed by atoms with E-state index in [1.54, 1.807) is 7.11 Å². The van der Waals surface area contributed by atoms with Gasteiger partial charge in [-0.3, -0.25) is 0 Å². The van der Waals surface area contributed by atoms with Crippen molar-refractivity contribution >= 4 is 0 Å². The number of hydrogen-bond donors (Lipinski definition) is 1. The lowest BCUT2D eigenvalue weighted by molar-refractivity contribution is -0.0691. The summed E-state index contributed by atoms with van der Waals surface area (Å²) in [6.07, 6.45) is 6.68. The van der Waals surface area contributed by atoms with E-state index in [9.17, 15) is 0 Å². The van der Waals surface area contributed by atoms with Crippen molar-refractivity contribution in [1.29, 1.82) is 0 Å². The summed E-state index contributed by atoms with van der Waals surface area (Å²) in [5.41, 5.74) is 7.87. The molecule has 1 rings (SSSR count). The number of ether oxygens (including phenoxy) is 1. The fraction of sp³-hybridized carbons (Fsp3) is 0.857. The fourth-order valence-electron chi connectivity index (χ4n) is 2.53. The van der Waals surface area contributed by atoms with Crippen LogP contribution in [0.15, 0.2) is 11.6 Å². The van der Waals surface area contributed by atoms with Crippen molar-refractivity contribution in [1.82, 2.24) is 0 Å². The van der Waals surface area contributed by atoms with Gasteiger partial charge in [0.2, 0.25) is 0 Å². The van der Waals surface area contributed by atoms with E-state index in [1.165, 1.54) is 18.4 Å². The molecule has 2 heteroatoms. The second-order valence-electron chi connectivity index (χ2n) is 6.20. The molecule has 0 aliphatic heterocycles. The number of hydrogen-bond acceptors (Lipinski definition) is 2. The van der Waals surface area contributed by atoms with Crippen LogP contribution in [-0.4, -0.2) is 18.8 Å². The Bertz CT molecular complexity index is 254. The molecule has 0 spiro atoms. The van der Waals surface area contributed by atoms with Crippen LogP contribution in [-0.2, 0) is 4.74 Å². The summed E-state index contributed by atoms with van der Waals surface area (Å²) < 4.78 is 5.77. The highest BCUT2D eigenvalue weighted by molar-refractivity contribution is 5.10. The average molecular weight is 225 g/mol. The molecule has 0 radical (unpaired) electrons. The van der Waals surface area contributed by atoms with Crippen LogP contribution in [0.25, 0.3) is 0 Å². The standard InChI is InChI=1S/C14H27NO/c1-11(2)10-12(15)14(16-5)8-6-13(3,4)7-9-14/h10,12H,6-9,15H2,1-5H3.